The molecule has 0 aliphatic carbocycles. The third-order valence-corrected chi connectivity index (χ3v) is 3.22. The van der Waals surface area contributed by atoms with Gasteiger partial charge in [-0.25, -0.2) is 0 Å². The van der Waals surface area contributed by atoms with Gasteiger partial charge in [0.1, 0.15) is 0 Å². The molecule has 0 atom stereocenters. The summed E-state index contributed by atoms with van der Waals surface area (Å²) >= 11 is 9.37. The van der Waals surface area contributed by atoms with E-state index in [0.717, 1.165) is 10.2 Å². The molecule has 0 amide bonds. The summed E-state index contributed by atoms with van der Waals surface area (Å²) in [5.41, 5.74) is 7.17. The summed E-state index contributed by atoms with van der Waals surface area (Å²) < 4.78 is 5.93. The van der Waals surface area contributed by atoms with E-state index in [2.05, 4.69) is 26.2 Å². The van der Waals surface area contributed by atoms with Gasteiger partial charge in [0.15, 0.2) is 5.82 Å². The molecule has 94 valence electrons. The smallest absolute Gasteiger partial charge is 0.215 e. The molecule has 0 fully saturated rings. The quantitative estimate of drug-likeness (QED) is 0.899. The molecule has 0 radical (unpaired) electrons. The van der Waals surface area contributed by atoms with Gasteiger partial charge in [0.25, 0.3) is 0 Å². The van der Waals surface area contributed by atoms with Gasteiger partial charge in [0.05, 0.1) is 18.5 Å². The number of nitrogens with zero attached hydrogens (tertiary/aromatic N) is 1. The maximum Gasteiger partial charge on any atom is 0.215 e. The Kier molecular flexibility index (Phi) is 3.93. The minimum absolute atomic E-state index is 0.491. The lowest BCUT2D eigenvalue weighted by Gasteiger charge is -2.11. The summed E-state index contributed by atoms with van der Waals surface area (Å²) in [5.74, 6) is 1.02. The summed E-state index contributed by atoms with van der Waals surface area (Å²) in [5, 5.41) is 3.74. The number of pyridine rings is 1. The van der Waals surface area contributed by atoms with E-state index in [1.54, 1.807) is 31.4 Å². The normalized spacial score (nSPS) is 10.2. The molecule has 0 spiro atoms. The van der Waals surface area contributed by atoms with Crippen LogP contribution in [-0.2, 0) is 0 Å². The first-order valence-corrected chi connectivity index (χ1v) is 6.30. The number of hydrogen-bond acceptors (Lipinski definition) is 4. The van der Waals surface area contributed by atoms with Crippen molar-refractivity contribution in [2.45, 2.75) is 0 Å². The Labute approximate surface area is 118 Å². The van der Waals surface area contributed by atoms with Crippen molar-refractivity contribution >= 4 is 44.7 Å². The van der Waals surface area contributed by atoms with Gasteiger partial charge in [-0.3, -0.25) is 0 Å². The average Bonchev–Trinajstić information content (AvgIpc) is 2.36. The molecule has 0 unspecified atom stereocenters. The van der Waals surface area contributed by atoms with Crippen LogP contribution in [0.15, 0.2) is 34.8 Å². The first kappa shape index (κ1) is 13.0. The van der Waals surface area contributed by atoms with Crippen molar-refractivity contribution in [1.82, 2.24) is 4.98 Å². The zero-order valence-corrected chi connectivity index (χ0v) is 11.9. The molecule has 1 aromatic carbocycles. The monoisotopic (exact) mass is 327 g/mol. The highest BCUT2D eigenvalue weighted by Crippen LogP contribution is 2.30. The first-order chi connectivity index (χ1) is 8.60. The van der Waals surface area contributed by atoms with Crippen LogP contribution in [0.4, 0.5) is 17.2 Å². The molecule has 0 aliphatic heterocycles. The number of hydrogen-bond donors (Lipinski definition) is 2. The van der Waals surface area contributed by atoms with Gasteiger partial charge in [-0.05, 0) is 40.2 Å². The van der Waals surface area contributed by atoms with Gasteiger partial charge in [-0.1, -0.05) is 11.6 Å². The van der Waals surface area contributed by atoms with E-state index in [-0.39, 0.29) is 0 Å². The molecule has 18 heavy (non-hydrogen) atoms. The van der Waals surface area contributed by atoms with Crippen LogP contribution in [0.25, 0.3) is 0 Å². The number of halogens is 2. The number of methoxy groups -OCH3 is 1. The molecule has 1 aromatic heterocycles. The molecule has 2 rings (SSSR count). The summed E-state index contributed by atoms with van der Waals surface area (Å²) in [7, 11) is 1.55. The number of rotatable bonds is 3. The molecule has 0 aliphatic rings. The molecular formula is C12H11BrClN3O. The highest BCUT2D eigenvalue weighted by Gasteiger charge is 2.07. The third-order valence-electron chi connectivity index (χ3n) is 2.29. The lowest BCUT2D eigenvalue weighted by Crippen LogP contribution is -2.01. The molecule has 0 bridgehead atoms. The fourth-order valence-electron chi connectivity index (χ4n) is 1.39. The molecule has 2 aromatic rings. The van der Waals surface area contributed by atoms with Crippen LogP contribution in [0.2, 0.25) is 5.02 Å². The lowest BCUT2D eigenvalue weighted by atomic mass is 10.3. The molecule has 0 saturated carbocycles. The van der Waals surface area contributed by atoms with Crippen LogP contribution in [0.1, 0.15) is 0 Å². The minimum atomic E-state index is 0.491. The number of ether oxygens (including phenoxy) is 1. The maximum atomic E-state index is 5.94. The van der Waals surface area contributed by atoms with E-state index in [9.17, 15) is 0 Å². The summed E-state index contributed by atoms with van der Waals surface area (Å²) in [4.78, 5) is 4.23. The number of anilines is 3. The van der Waals surface area contributed by atoms with Crippen molar-refractivity contribution in [1.29, 1.82) is 0 Å². The number of nitrogens with two attached hydrogens (primary N) is 1. The van der Waals surface area contributed by atoms with E-state index in [1.165, 1.54) is 0 Å². The molecule has 1 heterocycles. The second kappa shape index (κ2) is 5.46. The molecule has 6 heteroatoms. The number of nitrogens with one attached hydrogen (secondary N) is 1. The summed E-state index contributed by atoms with van der Waals surface area (Å²) in [6.07, 6.45) is 0. The molecule has 3 N–H and O–H groups in total. The molecule has 0 saturated heterocycles. The zero-order valence-electron chi connectivity index (χ0n) is 9.58. The van der Waals surface area contributed by atoms with E-state index >= 15 is 0 Å². The lowest BCUT2D eigenvalue weighted by molar-refractivity contribution is 0.398. The van der Waals surface area contributed by atoms with Crippen LogP contribution < -0.4 is 15.8 Å². The molecule has 4 nitrogen and oxygen atoms in total. The van der Waals surface area contributed by atoms with Gasteiger partial charge in [0.2, 0.25) is 5.88 Å². The number of nitrogen functional groups attached to an aromatic ring is 1. The van der Waals surface area contributed by atoms with Gasteiger partial charge >= 0.3 is 0 Å². The van der Waals surface area contributed by atoms with Gasteiger partial charge in [-0.2, -0.15) is 4.98 Å². The van der Waals surface area contributed by atoms with Crippen molar-refractivity contribution < 1.29 is 4.74 Å². The van der Waals surface area contributed by atoms with Gasteiger partial charge < -0.3 is 15.8 Å². The van der Waals surface area contributed by atoms with E-state index in [1.807, 2.05) is 6.07 Å². The Bertz CT molecular complexity index is 577. The Morgan fingerprint density at radius 1 is 1.33 bits per heavy atom. The first-order valence-electron chi connectivity index (χ1n) is 5.12. The Morgan fingerprint density at radius 3 is 2.83 bits per heavy atom. The van der Waals surface area contributed by atoms with Crippen LogP contribution in [0, 0.1) is 0 Å². The Morgan fingerprint density at radius 2 is 2.11 bits per heavy atom. The minimum Gasteiger partial charge on any atom is -0.481 e. The highest BCUT2D eigenvalue weighted by molar-refractivity contribution is 9.10. The van der Waals surface area contributed by atoms with Crippen molar-refractivity contribution in [2.24, 2.45) is 0 Å². The number of benzene rings is 1. The highest BCUT2D eigenvalue weighted by atomic mass is 79.9. The standard InChI is InChI=1S/C12H11BrClN3O/c1-18-11-5-4-9(15)12(17-11)16-10-6-7(14)2-3-8(10)13/h2-6H,15H2,1H3,(H,16,17). The third kappa shape index (κ3) is 2.86. The fraction of sp³-hybridized carbons (Fsp3) is 0.0833. The second-order valence-corrected chi connectivity index (χ2v) is 4.83. The van der Waals surface area contributed by atoms with E-state index in [4.69, 9.17) is 22.1 Å². The van der Waals surface area contributed by atoms with Crippen molar-refractivity contribution in [3.05, 3.63) is 39.8 Å². The average molecular weight is 329 g/mol. The van der Waals surface area contributed by atoms with E-state index in [0.29, 0.717) is 22.4 Å². The van der Waals surface area contributed by atoms with E-state index < -0.39 is 0 Å². The zero-order chi connectivity index (χ0) is 13.1. The predicted octanol–water partition coefficient (Wildman–Crippen LogP) is 3.83. The Hall–Kier alpha value is -1.46. The van der Waals surface area contributed by atoms with Crippen LogP contribution in [0.3, 0.4) is 0 Å². The van der Waals surface area contributed by atoms with Gasteiger partial charge in [0, 0.05) is 15.6 Å². The van der Waals surface area contributed by atoms with Crippen molar-refractivity contribution in [2.75, 3.05) is 18.2 Å². The van der Waals surface area contributed by atoms with Gasteiger partial charge in [-0.15, -0.1) is 0 Å². The number of aromatic nitrogens is 1. The molecular weight excluding hydrogens is 318 g/mol. The summed E-state index contributed by atoms with van der Waals surface area (Å²) in [6.45, 7) is 0. The van der Waals surface area contributed by atoms with Crippen molar-refractivity contribution in [3.8, 4) is 5.88 Å². The van der Waals surface area contributed by atoms with Crippen molar-refractivity contribution in [3.63, 3.8) is 0 Å². The second-order valence-electron chi connectivity index (χ2n) is 3.54. The fourth-order valence-corrected chi connectivity index (χ4v) is 1.90. The van der Waals surface area contributed by atoms with Crippen LogP contribution >= 0.6 is 27.5 Å². The largest absolute Gasteiger partial charge is 0.481 e. The van der Waals surface area contributed by atoms with Crippen LogP contribution in [-0.4, -0.2) is 12.1 Å². The Balaban J connectivity index is 2.36. The maximum absolute atomic E-state index is 5.94. The predicted molar refractivity (Wildman–Crippen MR) is 77.6 cm³/mol. The summed E-state index contributed by atoms with van der Waals surface area (Å²) in [6, 6.07) is 8.85. The van der Waals surface area contributed by atoms with Crippen LogP contribution in [0.5, 0.6) is 5.88 Å². The SMILES string of the molecule is COc1ccc(N)c(Nc2cc(Cl)ccc2Br)n1. The topological polar surface area (TPSA) is 60.2 Å².